The zero-order valence-electron chi connectivity index (χ0n) is 13.2. The second kappa shape index (κ2) is 8.21. The maximum atomic E-state index is 12.2. The normalized spacial score (nSPS) is 9.96. The lowest BCUT2D eigenvalue weighted by molar-refractivity contribution is -0.119. The van der Waals surface area contributed by atoms with Crippen LogP contribution in [-0.4, -0.2) is 32.7 Å². The molecule has 0 saturated carbocycles. The summed E-state index contributed by atoms with van der Waals surface area (Å²) < 4.78 is 15.3. The molecule has 0 fully saturated rings. The summed E-state index contributed by atoms with van der Waals surface area (Å²) in [6.07, 6.45) is 0. The summed E-state index contributed by atoms with van der Waals surface area (Å²) in [5.41, 5.74) is 0.558. The summed E-state index contributed by atoms with van der Waals surface area (Å²) in [7, 11) is 2.85. The summed E-state index contributed by atoms with van der Waals surface area (Å²) in [5, 5.41) is 2.96. The van der Waals surface area contributed by atoms with Crippen molar-refractivity contribution < 1.29 is 23.8 Å². The maximum Gasteiger partial charge on any atom is 0.346 e. The summed E-state index contributed by atoms with van der Waals surface area (Å²) in [4.78, 5) is 24.1. The van der Waals surface area contributed by atoms with Gasteiger partial charge in [-0.15, -0.1) is 0 Å². The van der Waals surface area contributed by atoms with Crippen LogP contribution in [0.2, 0.25) is 5.02 Å². The van der Waals surface area contributed by atoms with Crippen molar-refractivity contribution in [3.63, 3.8) is 0 Å². The lowest BCUT2D eigenvalue weighted by atomic mass is 10.2. The van der Waals surface area contributed by atoms with Gasteiger partial charge in [-0.1, -0.05) is 29.8 Å². The number of para-hydroxylation sites is 1. The Kier molecular flexibility index (Phi) is 6.03. The molecule has 0 atom stereocenters. The van der Waals surface area contributed by atoms with Gasteiger partial charge in [0, 0.05) is 0 Å². The van der Waals surface area contributed by atoms with Crippen LogP contribution in [-0.2, 0) is 9.53 Å². The molecule has 0 aliphatic heterocycles. The molecule has 2 aromatic rings. The van der Waals surface area contributed by atoms with Gasteiger partial charge in [0.05, 0.1) is 24.9 Å². The highest BCUT2D eigenvalue weighted by Gasteiger charge is 2.20. The van der Waals surface area contributed by atoms with Gasteiger partial charge in [0.1, 0.15) is 17.1 Å². The van der Waals surface area contributed by atoms with Crippen LogP contribution in [0, 0.1) is 0 Å². The van der Waals surface area contributed by atoms with Gasteiger partial charge in [0.2, 0.25) is 0 Å². The molecule has 0 bridgehead atoms. The molecule has 2 rings (SSSR count). The van der Waals surface area contributed by atoms with E-state index in [9.17, 15) is 9.59 Å². The SMILES string of the molecule is COc1cccc(OC)c1C(=O)OCC(=O)Nc1ccccc1Cl. The number of anilines is 1. The van der Waals surface area contributed by atoms with Crippen LogP contribution in [0.1, 0.15) is 10.4 Å². The summed E-state index contributed by atoms with van der Waals surface area (Å²) in [5.74, 6) is -0.638. The number of rotatable bonds is 6. The average molecular weight is 350 g/mol. The minimum absolute atomic E-state index is 0.119. The highest BCUT2D eigenvalue weighted by Crippen LogP contribution is 2.29. The Balaban J connectivity index is 2.03. The first kappa shape index (κ1) is 17.6. The van der Waals surface area contributed by atoms with E-state index in [0.29, 0.717) is 22.2 Å². The molecule has 7 heteroatoms. The van der Waals surface area contributed by atoms with Crippen molar-refractivity contribution in [2.75, 3.05) is 26.1 Å². The zero-order chi connectivity index (χ0) is 17.5. The van der Waals surface area contributed by atoms with Gasteiger partial charge >= 0.3 is 5.97 Å². The van der Waals surface area contributed by atoms with Crippen molar-refractivity contribution in [3.05, 3.63) is 53.1 Å². The smallest absolute Gasteiger partial charge is 0.346 e. The number of hydrogen-bond donors (Lipinski definition) is 1. The third-order valence-corrected chi connectivity index (χ3v) is 3.44. The largest absolute Gasteiger partial charge is 0.496 e. The van der Waals surface area contributed by atoms with Gasteiger partial charge in [-0.05, 0) is 24.3 Å². The van der Waals surface area contributed by atoms with Crippen LogP contribution in [0.3, 0.4) is 0 Å². The Morgan fingerprint density at radius 1 is 1.00 bits per heavy atom. The lowest BCUT2D eigenvalue weighted by Crippen LogP contribution is -2.21. The van der Waals surface area contributed by atoms with E-state index in [-0.39, 0.29) is 5.56 Å². The van der Waals surface area contributed by atoms with Gasteiger partial charge in [-0.25, -0.2) is 4.79 Å². The number of esters is 1. The number of methoxy groups -OCH3 is 2. The molecule has 0 heterocycles. The van der Waals surface area contributed by atoms with E-state index in [1.54, 1.807) is 42.5 Å². The molecular weight excluding hydrogens is 334 g/mol. The van der Waals surface area contributed by atoms with Gasteiger partial charge in [0.15, 0.2) is 6.61 Å². The molecule has 0 aliphatic carbocycles. The van der Waals surface area contributed by atoms with E-state index in [1.807, 2.05) is 0 Å². The van der Waals surface area contributed by atoms with Crippen molar-refractivity contribution in [2.24, 2.45) is 0 Å². The van der Waals surface area contributed by atoms with E-state index in [4.69, 9.17) is 25.8 Å². The molecule has 1 amide bonds. The quantitative estimate of drug-likeness (QED) is 0.811. The number of ether oxygens (including phenoxy) is 3. The third kappa shape index (κ3) is 4.17. The Morgan fingerprint density at radius 3 is 2.21 bits per heavy atom. The summed E-state index contributed by atoms with van der Waals surface area (Å²) in [6.45, 7) is -0.467. The first-order valence-corrected chi connectivity index (χ1v) is 7.37. The minimum Gasteiger partial charge on any atom is -0.496 e. The fraction of sp³-hybridized carbons (Fsp3) is 0.176. The number of nitrogens with one attached hydrogen (secondary N) is 1. The third-order valence-electron chi connectivity index (χ3n) is 3.11. The Hall–Kier alpha value is -2.73. The Labute approximate surface area is 144 Å². The van der Waals surface area contributed by atoms with E-state index >= 15 is 0 Å². The lowest BCUT2D eigenvalue weighted by Gasteiger charge is -2.12. The molecule has 126 valence electrons. The van der Waals surface area contributed by atoms with E-state index < -0.39 is 18.5 Å². The van der Waals surface area contributed by atoms with Crippen LogP contribution >= 0.6 is 11.6 Å². The molecule has 0 radical (unpaired) electrons. The predicted molar refractivity (Wildman–Crippen MR) is 89.9 cm³/mol. The summed E-state index contributed by atoms with van der Waals surface area (Å²) in [6, 6.07) is 11.6. The number of halogens is 1. The topological polar surface area (TPSA) is 73.9 Å². The minimum atomic E-state index is -0.724. The molecule has 6 nitrogen and oxygen atoms in total. The average Bonchev–Trinajstić information content (AvgIpc) is 2.60. The molecule has 0 unspecified atom stereocenters. The highest BCUT2D eigenvalue weighted by atomic mass is 35.5. The zero-order valence-corrected chi connectivity index (χ0v) is 13.9. The Morgan fingerprint density at radius 2 is 1.62 bits per heavy atom. The number of amides is 1. The number of carbonyl (C=O) groups excluding carboxylic acids is 2. The molecule has 2 aromatic carbocycles. The van der Waals surface area contributed by atoms with Crippen LogP contribution < -0.4 is 14.8 Å². The molecule has 0 aromatic heterocycles. The van der Waals surface area contributed by atoms with Crippen LogP contribution in [0.15, 0.2) is 42.5 Å². The van der Waals surface area contributed by atoms with Crippen molar-refractivity contribution in [1.82, 2.24) is 0 Å². The molecule has 24 heavy (non-hydrogen) atoms. The molecular formula is C17H16ClNO5. The monoisotopic (exact) mass is 349 g/mol. The van der Waals surface area contributed by atoms with E-state index in [2.05, 4.69) is 5.32 Å². The maximum absolute atomic E-state index is 12.2. The van der Waals surface area contributed by atoms with Crippen molar-refractivity contribution >= 4 is 29.2 Å². The molecule has 0 aliphatic rings. The number of carbonyl (C=O) groups is 2. The van der Waals surface area contributed by atoms with Gasteiger partial charge in [-0.3, -0.25) is 4.79 Å². The van der Waals surface area contributed by atoms with Gasteiger partial charge in [0.25, 0.3) is 5.91 Å². The standard InChI is InChI=1S/C17H16ClNO5/c1-22-13-8-5-9-14(23-2)16(13)17(21)24-10-15(20)19-12-7-4-3-6-11(12)18/h3-9H,10H2,1-2H3,(H,19,20). The highest BCUT2D eigenvalue weighted by molar-refractivity contribution is 6.33. The second-order valence-electron chi connectivity index (χ2n) is 4.64. The van der Waals surface area contributed by atoms with Gasteiger partial charge < -0.3 is 19.5 Å². The Bertz CT molecular complexity index is 725. The molecule has 0 saturated heterocycles. The van der Waals surface area contributed by atoms with Crippen LogP contribution in [0.25, 0.3) is 0 Å². The number of hydrogen-bond acceptors (Lipinski definition) is 5. The number of benzene rings is 2. The fourth-order valence-electron chi connectivity index (χ4n) is 2.00. The first-order valence-electron chi connectivity index (χ1n) is 6.99. The van der Waals surface area contributed by atoms with Crippen LogP contribution in [0.4, 0.5) is 5.69 Å². The molecule has 0 spiro atoms. The fourth-order valence-corrected chi connectivity index (χ4v) is 2.19. The van der Waals surface area contributed by atoms with Gasteiger partial charge in [-0.2, -0.15) is 0 Å². The van der Waals surface area contributed by atoms with Crippen LogP contribution in [0.5, 0.6) is 11.5 Å². The van der Waals surface area contributed by atoms with Crippen molar-refractivity contribution in [3.8, 4) is 11.5 Å². The van der Waals surface area contributed by atoms with E-state index in [0.717, 1.165) is 0 Å². The van der Waals surface area contributed by atoms with E-state index in [1.165, 1.54) is 14.2 Å². The van der Waals surface area contributed by atoms with Crippen molar-refractivity contribution in [1.29, 1.82) is 0 Å². The van der Waals surface area contributed by atoms with Crippen molar-refractivity contribution in [2.45, 2.75) is 0 Å². The second-order valence-corrected chi connectivity index (χ2v) is 5.05. The first-order chi connectivity index (χ1) is 11.6. The predicted octanol–water partition coefficient (Wildman–Crippen LogP) is 3.15. The summed E-state index contributed by atoms with van der Waals surface area (Å²) >= 11 is 5.95. The molecule has 1 N–H and O–H groups in total.